The third-order valence-electron chi connectivity index (χ3n) is 2.91. The first-order chi connectivity index (χ1) is 8.35. The van der Waals surface area contributed by atoms with Gasteiger partial charge in [0.1, 0.15) is 0 Å². The van der Waals surface area contributed by atoms with Gasteiger partial charge in [-0.25, -0.2) is 0 Å². The normalized spacial score (nSPS) is 14.0. The van der Waals surface area contributed by atoms with E-state index in [2.05, 4.69) is 5.32 Å². The number of amides is 1. The number of aryl methyl sites for hydroxylation is 1. The average Bonchev–Trinajstić information content (AvgIpc) is 2.26. The molecular weight excluding hydrogens is 228 g/mol. The van der Waals surface area contributed by atoms with Crippen molar-refractivity contribution >= 4 is 11.6 Å². The van der Waals surface area contributed by atoms with Crippen LogP contribution in [0.25, 0.3) is 0 Å². The summed E-state index contributed by atoms with van der Waals surface area (Å²) < 4.78 is 0. The summed E-state index contributed by atoms with van der Waals surface area (Å²) in [6.45, 7) is 5.83. The highest BCUT2D eigenvalue weighted by Gasteiger charge is 2.20. The number of nitrogen functional groups attached to an aromatic ring is 1. The summed E-state index contributed by atoms with van der Waals surface area (Å²) in [5.41, 5.74) is 6.85. The fraction of sp³-hybridized carbons (Fsp3) is 0.500. The van der Waals surface area contributed by atoms with Gasteiger partial charge in [0.15, 0.2) is 0 Å². The topological polar surface area (TPSA) is 75.3 Å². The SMILES string of the molecule is CCCC(C)(O)CNC(=O)c1ccc(N)cc1C. The van der Waals surface area contributed by atoms with E-state index in [9.17, 15) is 9.90 Å². The number of hydrogen-bond donors (Lipinski definition) is 3. The van der Waals surface area contributed by atoms with Crippen LogP contribution >= 0.6 is 0 Å². The van der Waals surface area contributed by atoms with Gasteiger partial charge < -0.3 is 16.2 Å². The van der Waals surface area contributed by atoms with Gasteiger partial charge in [0, 0.05) is 17.8 Å². The van der Waals surface area contributed by atoms with E-state index in [0.717, 1.165) is 12.0 Å². The number of benzene rings is 1. The molecule has 4 heteroatoms. The van der Waals surface area contributed by atoms with E-state index >= 15 is 0 Å². The van der Waals surface area contributed by atoms with Crippen LogP contribution in [0.4, 0.5) is 5.69 Å². The molecule has 0 saturated carbocycles. The van der Waals surface area contributed by atoms with Crippen LogP contribution in [0.2, 0.25) is 0 Å². The van der Waals surface area contributed by atoms with E-state index in [-0.39, 0.29) is 12.5 Å². The summed E-state index contributed by atoms with van der Waals surface area (Å²) in [7, 11) is 0. The van der Waals surface area contributed by atoms with Crippen LogP contribution in [0, 0.1) is 6.92 Å². The second kappa shape index (κ2) is 5.87. The van der Waals surface area contributed by atoms with E-state index in [0.29, 0.717) is 17.7 Å². The van der Waals surface area contributed by atoms with Crippen LogP contribution in [0.3, 0.4) is 0 Å². The molecule has 0 aliphatic heterocycles. The third-order valence-corrected chi connectivity index (χ3v) is 2.91. The summed E-state index contributed by atoms with van der Waals surface area (Å²) in [4.78, 5) is 12.0. The molecule has 1 rings (SSSR count). The Kier molecular flexibility index (Phi) is 4.73. The molecule has 0 aliphatic carbocycles. The zero-order valence-corrected chi connectivity index (χ0v) is 11.3. The standard InChI is InChI=1S/C14H22N2O2/c1-4-7-14(3,18)9-16-13(17)12-6-5-11(15)8-10(12)2/h5-6,8,18H,4,7,9,15H2,1-3H3,(H,16,17). The Labute approximate surface area is 108 Å². The number of rotatable bonds is 5. The summed E-state index contributed by atoms with van der Waals surface area (Å²) in [5, 5.41) is 12.7. The Morgan fingerprint density at radius 2 is 2.17 bits per heavy atom. The maximum atomic E-state index is 12.0. The van der Waals surface area contributed by atoms with Crippen molar-refractivity contribution in [3.05, 3.63) is 29.3 Å². The first-order valence-electron chi connectivity index (χ1n) is 6.22. The van der Waals surface area contributed by atoms with Crippen LogP contribution in [0.1, 0.15) is 42.6 Å². The van der Waals surface area contributed by atoms with Crippen LogP contribution in [-0.4, -0.2) is 23.2 Å². The summed E-state index contributed by atoms with van der Waals surface area (Å²) >= 11 is 0. The maximum Gasteiger partial charge on any atom is 0.251 e. The summed E-state index contributed by atoms with van der Waals surface area (Å²) in [5.74, 6) is -0.177. The van der Waals surface area contributed by atoms with Gasteiger partial charge in [-0.2, -0.15) is 0 Å². The molecule has 1 amide bonds. The summed E-state index contributed by atoms with van der Waals surface area (Å²) in [6, 6.07) is 5.17. The molecule has 1 aromatic carbocycles. The Bertz CT molecular complexity index is 428. The molecule has 1 aromatic rings. The van der Waals surface area contributed by atoms with Crippen molar-refractivity contribution in [3.8, 4) is 0 Å². The first-order valence-corrected chi connectivity index (χ1v) is 6.22. The molecule has 0 radical (unpaired) electrons. The highest BCUT2D eigenvalue weighted by atomic mass is 16.3. The first kappa shape index (κ1) is 14.5. The highest BCUT2D eigenvalue weighted by Crippen LogP contribution is 2.14. The van der Waals surface area contributed by atoms with Gasteiger partial charge in [0.2, 0.25) is 0 Å². The van der Waals surface area contributed by atoms with Crippen molar-refractivity contribution in [2.75, 3.05) is 12.3 Å². The molecule has 0 spiro atoms. The summed E-state index contributed by atoms with van der Waals surface area (Å²) in [6.07, 6.45) is 1.54. The zero-order chi connectivity index (χ0) is 13.8. The molecule has 0 aliphatic rings. The van der Waals surface area contributed by atoms with Gasteiger partial charge in [-0.05, 0) is 44.0 Å². The van der Waals surface area contributed by atoms with Crippen LogP contribution in [0.15, 0.2) is 18.2 Å². The number of aliphatic hydroxyl groups is 1. The highest BCUT2D eigenvalue weighted by molar-refractivity contribution is 5.96. The third kappa shape index (κ3) is 4.04. The van der Waals surface area contributed by atoms with Crippen molar-refractivity contribution < 1.29 is 9.90 Å². The van der Waals surface area contributed by atoms with Gasteiger partial charge in [-0.3, -0.25) is 4.79 Å². The zero-order valence-electron chi connectivity index (χ0n) is 11.3. The maximum absolute atomic E-state index is 12.0. The minimum Gasteiger partial charge on any atom is -0.399 e. The van der Waals surface area contributed by atoms with E-state index in [1.807, 2.05) is 13.8 Å². The van der Waals surface area contributed by atoms with Crippen LogP contribution < -0.4 is 11.1 Å². The number of carbonyl (C=O) groups excluding carboxylic acids is 1. The molecule has 100 valence electrons. The molecule has 4 N–H and O–H groups in total. The minimum atomic E-state index is -0.855. The molecule has 0 bridgehead atoms. The quantitative estimate of drug-likeness (QED) is 0.698. The number of hydrogen-bond acceptors (Lipinski definition) is 3. The lowest BCUT2D eigenvalue weighted by molar-refractivity contribution is 0.0469. The van der Waals surface area contributed by atoms with Gasteiger partial charge in [-0.15, -0.1) is 0 Å². The average molecular weight is 250 g/mol. The fourth-order valence-corrected chi connectivity index (χ4v) is 1.93. The largest absolute Gasteiger partial charge is 0.399 e. The van der Waals surface area contributed by atoms with Crippen molar-refractivity contribution in [3.63, 3.8) is 0 Å². The molecule has 0 saturated heterocycles. The molecule has 1 unspecified atom stereocenters. The number of nitrogens with two attached hydrogens (primary N) is 1. The number of carbonyl (C=O) groups is 1. The smallest absolute Gasteiger partial charge is 0.251 e. The Morgan fingerprint density at radius 1 is 1.50 bits per heavy atom. The Balaban J connectivity index is 2.66. The minimum absolute atomic E-state index is 0.177. The molecule has 18 heavy (non-hydrogen) atoms. The van der Waals surface area contributed by atoms with Crippen molar-refractivity contribution in [2.24, 2.45) is 0 Å². The lowest BCUT2D eigenvalue weighted by Gasteiger charge is -2.23. The van der Waals surface area contributed by atoms with Gasteiger partial charge in [0.25, 0.3) is 5.91 Å². The van der Waals surface area contributed by atoms with E-state index in [4.69, 9.17) is 5.73 Å². The lowest BCUT2D eigenvalue weighted by atomic mass is 10.0. The van der Waals surface area contributed by atoms with Gasteiger partial charge in [-0.1, -0.05) is 13.3 Å². The lowest BCUT2D eigenvalue weighted by Crippen LogP contribution is -2.40. The molecule has 0 heterocycles. The molecule has 1 atom stereocenters. The molecule has 0 fully saturated rings. The van der Waals surface area contributed by atoms with Crippen LogP contribution in [-0.2, 0) is 0 Å². The predicted octanol–water partition coefficient (Wildman–Crippen LogP) is 1.86. The molecule has 0 aromatic heterocycles. The van der Waals surface area contributed by atoms with Gasteiger partial charge in [0.05, 0.1) is 5.60 Å². The monoisotopic (exact) mass is 250 g/mol. The number of anilines is 1. The number of nitrogens with one attached hydrogen (secondary N) is 1. The Hall–Kier alpha value is -1.55. The fourth-order valence-electron chi connectivity index (χ4n) is 1.93. The van der Waals surface area contributed by atoms with Crippen molar-refractivity contribution in [2.45, 2.75) is 39.2 Å². The van der Waals surface area contributed by atoms with Crippen LogP contribution in [0.5, 0.6) is 0 Å². The van der Waals surface area contributed by atoms with E-state index in [1.54, 1.807) is 25.1 Å². The second-order valence-electron chi connectivity index (χ2n) is 5.00. The second-order valence-corrected chi connectivity index (χ2v) is 5.00. The molecule has 4 nitrogen and oxygen atoms in total. The molecular formula is C14H22N2O2. The van der Waals surface area contributed by atoms with Gasteiger partial charge >= 0.3 is 0 Å². The van der Waals surface area contributed by atoms with E-state index in [1.165, 1.54) is 0 Å². The van der Waals surface area contributed by atoms with Crippen molar-refractivity contribution in [1.82, 2.24) is 5.32 Å². The van der Waals surface area contributed by atoms with E-state index < -0.39 is 5.60 Å². The Morgan fingerprint density at radius 3 is 2.72 bits per heavy atom. The predicted molar refractivity (Wildman–Crippen MR) is 73.5 cm³/mol. The van der Waals surface area contributed by atoms with Crippen molar-refractivity contribution in [1.29, 1.82) is 0 Å².